The van der Waals surface area contributed by atoms with Crippen molar-refractivity contribution in [3.63, 3.8) is 0 Å². The van der Waals surface area contributed by atoms with Crippen LogP contribution in [0.4, 0.5) is 0 Å². The normalized spacial score (nSPS) is 28.7. The second-order valence-corrected chi connectivity index (χ2v) is 11.1. The van der Waals surface area contributed by atoms with Gasteiger partial charge in [-0.25, -0.2) is 0 Å². The zero-order valence-electron chi connectivity index (χ0n) is 22.9. The third kappa shape index (κ3) is 4.05. The van der Waals surface area contributed by atoms with E-state index >= 15 is 0 Å². The number of likely N-dealkylation sites (N-methyl/N-ethyl adjacent to an activating group) is 1. The van der Waals surface area contributed by atoms with E-state index in [2.05, 4.69) is 0 Å². The monoisotopic (exact) mass is 578 g/mol. The number of aromatic hydroxyl groups is 2. The Labute approximate surface area is 239 Å². The van der Waals surface area contributed by atoms with Gasteiger partial charge in [0.1, 0.15) is 34.7 Å². The minimum absolute atomic E-state index is 0.0202. The summed E-state index contributed by atoms with van der Waals surface area (Å²) in [6, 6.07) is 8.77. The summed E-state index contributed by atoms with van der Waals surface area (Å²) in [5, 5.41) is 55.0. The number of primary amides is 1. The number of phenols is 2. The van der Waals surface area contributed by atoms with Crippen LogP contribution in [0, 0.1) is 11.8 Å². The summed E-state index contributed by atoms with van der Waals surface area (Å²) in [6.45, 7) is 1.67. The first-order chi connectivity index (χ1) is 19.7. The Kier molecular flexibility index (Phi) is 6.86. The predicted molar refractivity (Wildman–Crippen MR) is 145 cm³/mol. The molecular formula is C30H30N2O10. The van der Waals surface area contributed by atoms with Crippen molar-refractivity contribution in [2.75, 3.05) is 14.1 Å². The lowest BCUT2D eigenvalue weighted by Gasteiger charge is -2.54. The SMILES string of the molecule is CC1c2cccc(O)c2C(=O)C2=C(O)C3(O)C(=O)C(C(N)=O)=C(O)C(N(C)C)C3C(OC(=O)Cc3ccc(O)cc3)C21. The van der Waals surface area contributed by atoms with E-state index in [9.17, 15) is 44.7 Å². The number of nitrogens with two attached hydrogens (primary N) is 1. The lowest BCUT2D eigenvalue weighted by molar-refractivity contribution is -0.180. The standard InChI is InChI=1S/C30H30N2O10/c1-12-15-5-4-6-16(34)19(15)24(36)20-18(12)26(42-17(35)11-13-7-9-14(33)10-8-13)22-23(32(2)3)25(37)21(29(31)40)28(39)30(22,41)27(20)38/h4-10,12,18,22-23,26,33-34,37-38,41H,11H2,1-3H3,(H2,31,40). The molecule has 0 saturated carbocycles. The van der Waals surface area contributed by atoms with Crippen molar-refractivity contribution in [3.05, 3.63) is 81.8 Å². The van der Waals surface area contributed by atoms with Crippen LogP contribution in [0.2, 0.25) is 0 Å². The van der Waals surface area contributed by atoms with Gasteiger partial charge in [0.15, 0.2) is 11.4 Å². The molecule has 42 heavy (non-hydrogen) atoms. The zero-order valence-corrected chi connectivity index (χ0v) is 22.9. The third-order valence-electron chi connectivity index (χ3n) is 8.52. The van der Waals surface area contributed by atoms with Gasteiger partial charge >= 0.3 is 5.97 Å². The summed E-state index contributed by atoms with van der Waals surface area (Å²) >= 11 is 0. The number of rotatable bonds is 5. The Morgan fingerprint density at radius 2 is 1.67 bits per heavy atom. The second-order valence-electron chi connectivity index (χ2n) is 11.1. The van der Waals surface area contributed by atoms with Crippen LogP contribution < -0.4 is 5.73 Å². The molecule has 3 aliphatic carbocycles. The van der Waals surface area contributed by atoms with Gasteiger partial charge < -0.3 is 36.0 Å². The third-order valence-corrected chi connectivity index (χ3v) is 8.52. The lowest BCUT2D eigenvalue weighted by atomic mass is 9.55. The molecule has 2 aromatic rings. The highest BCUT2D eigenvalue weighted by atomic mass is 16.5. The molecule has 0 fully saturated rings. The number of carbonyl (C=O) groups is 4. The van der Waals surface area contributed by atoms with Gasteiger partial charge in [0.2, 0.25) is 5.78 Å². The first kappa shape index (κ1) is 28.8. The van der Waals surface area contributed by atoms with Crippen molar-refractivity contribution in [1.82, 2.24) is 4.90 Å². The van der Waals surface area contributed by atoms with Crippen molar-refractivity contribution in [2.24, 2.45) is 17.6 Å². The molecule has 0 aromatic heterocycles. The topological polar surface area (TPSA) is 208 Å². The van der Waals surface area contributed by atoms with E-state index in [1.54, 1.807) is 13.0 Å². The second kappa shape index (κ2) is 10.00. The number of hydrogen-bond acceptors (Lipinski definition) is 11. The van der Waals surface area contributed by atoms with Crippen molar-refractivity contribution >= 4 is 23.4 Å². The van der Waals surface area contributed by atoms with Crippen molar-refractivity contribution < 1.29 is 49.4 Å². The highest BCUT2D eigenvalue weighted by Gasteiger charge is 2.68. The Morgan fingerprint density at radius 1 is 1.02 bits per heavy atom. The maximum absolute atomic E-state index is 13.9. The fourth-order valence-electron chi connectivity index (χ4n) is 6.67. The Balaban J connectivity index is 1.75. The van der Waals surface area contributed by atoms with Crippen molar-refractivity contribution in [1.29, 1.82) is 0 Å². The van der Waals surface area contributed by atoms with Crippen LogP contribution in [0.25, 0.3) is 0 Å². The quantitative estimate of drug-likeness (QED) is 0.219. The molecule has 12 heteroatoms. The molecule has 7 N–H and O–H groups in total. The summed E-state index contributed by atoms with van der Waals surface area (Å²) in [4.78, 5) is 54.7. The number of benzene rings is 2. The number of phenolic OH excluding ortho intramolecular Hbond substituents is 2. The van der Waals surface area contributed by atoms with Crippen molar-refractivity contribution in [2.45, 2.75) is 37.0 Å². The van der Waals surface area contributed by atoms with E-state index < -0.39 is 87.4 Å². The maximum Gasteiger partial charge on any atom is 0.310 e. The molecule has 2 aromatic carbocycles. The molecule has 0 spiro atoms. The molecule has 6 unspecified atom stereocenters. The minimum atomic E-state index is -3.02. The molecule has 0 radical (unpaired) electrons. The number of esters is 1. The van der Waals surface area contributed by atoms with Gasteiger partial charge in [0.05, 0.1) is 23.9 Å². The summed E-state index contributed by atoms with van der Waals surface area (Å²) in [6.07, 6.45) is -1.80. The van der Waals surface area contributed by atoms with E-state index in [0.29, 0.717) is 11.1 Å². The van der Waals surface area contributed by atoms with E-state index in [1.165, 1.54) is 55.4 Å². The molecule has 3 aliphatic rings. The van der Waals surface area contributed by atoms with Gasteiger partial charge in [-0.15, -0.1) is 0 Å². The van der Waals surface area contributed by atoms with Crippen LogP contribution in [-0.4, -0.2) is 85.7 Å². The molecule has 1 amide bonds. The first-order valence-corrected chi connectivity index (χ1v) is 13.2. The smallest absolute Gasteiger partial charge is 0.310 e. The van der Waals surface area contributed by atoms with Crippen LogP contribution in [0.15, 0.2) is 65.1 Å². The fraction of sp³-hybridized carbons (Fsp3) is 0.333. The molecule has 220 valence electrons. The van der Waals surface area contributed by atoms with Gasteiger partial charge in [0, 0.05) is 11.5 Å². The summed E-state index contributed by atoms with van der Waals surface area (Å²) < 4.78 is 5.96. The summed E-state index contributed by atoms with van der Waals surface area (Å²) in [5.41, 5.74) is 1.65. The molecule has 0 saturated heterocycles. The van der Waals surface area contributed by atoms with Crippen molar-refractivity contribution in [3.8, 4) is 11.5 Å². The number of hydrogen-bond donors (Lipinski definition) is 6. The summed E-state index contributed by atoms with van der Waals surface area (Å²) in [5.74, 6) is -10.3. The first-order valence-electron chi connectivity index (χ1n) is 13.2. The van der Waals surface area contributed by atoms with E-state index in [0.717, 1.165) is 0 Å². The minimum Gasteiger partial charge on any atom is -0.510 e. The van der Waals surface area contributed by atoms with E-state index in [1.807, 2.05) is 0 Å². The molecule has 12 nitrogen and oxygen atoms in total. The fourth-order valence-corrected chi connectivity index (χ4v) is 6.67. The van der Waals surface area contributed by atoms with Crippen LogP contribution in [0.1, 0.15) is 34.3 Å². The number of amides is 1. The van der Waals surface area contributed by atoms with Crippen LogP contribution in [0.3, 0.4) is 0 Å². The Bertz CT molecular complexity index is 1590. The molecule has 0 aliphatic heterocycles. The maximum atomic E-state index is 13.9. The van der Waals surface area contributed by atoms with Crippen LogP contribution >= 0.6 is 0 Å². The molecule has 0 heterocycles. The number of ketones is 2. The number of Topliss-reactive ketones (excluding diaryl/α,β-unsaturated/α-hetero) is 2. The number of nitrogens with zero attached hydrogens (tertiary/aromatic N) is 1. The molecule has 6 atom stereocenters. The largest absolute Gasteiger partial charge is 0.510 e. The molecule has 5 rings (SSSR count). The van der Waals surface area contributed by atoms with E-state index in [4.69, 9.17) is 10.5 Å². The van der Waals surface area contributed by atoms with E-state index in [-0.39, 0.29) is 17.7 Å². The summed E-state index contributed by atoms with van der Waals surface area (Å²) in [7, 11) is 2.95. The number of aliphatic hydroxyl groups is 3. The average molecular weight is 579 g/mol. The number of ether oxygens (including phenoxy) is 1. The van der Waals surface area contributed by atoms with Crippen LogP contribution in [-0.2, 0) is 25.5 Å². The number of aliphatic hydroxyl groups excluding tert-OH is 2. The molecular weight excluding hydrogens is 548 g/mol. The predicted octanol–water partition coefficient (Wildman–Crippen LogP) is 1.15. The highest BCUT2D eigenvalue weighted by molar-refractivity contribution is 6.25. The van der Waals surface area contributed by atoms with Gasteiger partial charge in [-0.2, -0.15) is 0 Å². The van der Waals surface area contributed by atoms with Gasteiger partial charge in [-0.05, 0) is 49.3 Å². The van der Waals surface area contributed by atoms with Gasteiger partial charge in [-0.3, -0.25) is 24.1 Å². The molecule has 0 bridgehead atoms. The highest BCUT2D eigenvalue weighted by Crippen LogP contribution is 2.56. The van der Waals surface area contributed by atoms with Crippen LogP contribution in [0.5, 0.6) is 11.5 Å². The average Bonchev–Trinajstić information content (AvgIpc) is 2.91. The Hall–Kier alpha value is -4.68. The lowest BCUT2D eigenvalue weighted by Crippen LogP contribution is -2.69. The number of fused-ring (bicyclic) bond motifs is 3. The number of carbonyl (C=O) groups excluding carboxylic acids is 4. The zero-order chi connectivity index (χ0) is 30.8. The van der Waals surface area contributed by atoms with Gasteiger partial charge in [-0.1, -0.05) is 31.2 Å². The Morgan fingerprint density at radius 3 is 2.26 bits per heavy atom. The van der Waals surface area contributed by atoms with Gasteiger partial charge in [0.25, 0.3) is 5.91 Å².